The lowest BCUT2D eigenvalue weighted by Gasteiger charge is -2.38. The summed E-state index contributed by atoms with van der Waals surface area (Å²) < 4.78 is 5.93. The Hall–Kier alpha value is -2.04. The molecule has 1 saturated heterocycles. The van der Waals surface area contributed by atoms with Crippen LogP contribution >= 0.6 is 0 Å². The molecule has 0 aliphatic carbocycles. The van der Waals surface area contributed by atoms with Gasteiger partial charge in [0.1, 0.15) is 5.78 Å². The third kappa shape index (κ3) is 6.24. The molecule has 168 valence electrons. The van der Waals surface area contributed by atoms with E-state index < -0.39 is 0 Å². The predicted molar refractivity (Wildman–Crippen MR) is 126 cm³/mol. The number of ketones is 1. The maximum absolute atomic E-state index is 12.5. The van der Waals surface area contributed by atoms with Gasteiger partial charge in [-0.15, -0.1) is 0 Å². The fraction of sp³-hybridized carbons (Fsp3) is 0.556. The first-order chi connectivity index (χ1) is 14.8. The Kier molecular flexibility index (Phi) is 8.01. The number of benzene rings is 1. The molecular weight excluding hydrogens is 384 g/mol. The van der Waals surface area contributed by atoms with Crippen LogP contribution in [-0.4, -0.2) is 42.0 Å². The molecular formula is C27H38N2O2. The number of hydrogen-bond donors (Lipinski definition) is 0. The molecule has 1 aliphatic rings. The van der Waals surface area contributed by atoms with E-state index in [0.717, 1.165) is 56.8 Å². The van der Waals surface area contributed by atoms with Crippen molar-refractivity contribution in [3.05, 3.63) is 65.5 Å². The topological polar surface area (TPSA) is 42.4 Å². The second kappa shape index (κ2) is 10.5. The molecule has 31 heavy (non-hydrogen) atoms. The highest BCUT2D eigenvalue weighted by atomic mass is 16.5. The molecule has 2 aromatic rings. The van der Waals surface area contributed by atoms with Crippen LogP contribution in [0.5, 0.6) is 0 Å². The van der Waals surface area contributed by atoms with Crippen LogP contribution in [-0.2, 0) is 21.5 Å². The number of carbonyl (C=O) groups excluding carboxylic acids is 1. The molecule has 4 heteroatoms. The molecule has 0 saturated carbocycles. The van der Waals surface area contributed by atoms with Crippen molar-refractivity contribution >= 4 is 5.78 Å². The van der Waals surface area contributed by atoms with Gasteiger partial charge in [0.15, 0.2) is 0 Å². The van der Waals surface area contributed by atoms with E-state index in [4.69, 9.17) is 4.74 Å². The van der Waals surface area contributed by atoms with Crippen LogP contribution in [0.1, 0.15) is 63.3 Å². The lowest BCUT2D eigenvalue weighted by atomic mass is 9.82. The quantitative estimate of drug-likeness (QED) is 0.490. The van der Waals surface area contributed by atoms with Crippen molar-refractivity contribution < 1.29 is 9.53 Å². The Morgan fingerprint density at radius 2 is 1.97 bits per heavy atom. The van der Waals surface area contributed by atoms with E-state index in [0.29, 0.717) is 18.6 Å². The largest absolute Gasteiger partial charge is 0.381 e. The fourth-order valence-corrected chi connectivity index (χ4v) is 4.71. The summed E-state index contributed by atoms with van der Waals surface area (Å²) in [5.41, 5.74) is 3.46. The van der Waals surface area contributed by atoms with Crippen LogP contribution < -0.4 is 0 Å². The molecule has 1 aromatic carbocycles. The Morgan fingerprint density at radius 3 is 2.65 bits per heavy atom. The third-order valence-corrected chi connectivity index (χ3v) is 6.87. The highest BCUT2D eigenvalue weighted by Gasteiger charge is 2.43. The molecule has 1 atom stereocenters. The van der Waals surface area contributed by atoms with Gasteiger partial charge in [-0.05, 0) is 70.7 Å². The van der Waals surface area contributed by atoms with Crippen molar-refractivity contribution in [1.82, 2.24) is 9.88 Å². The average molecular weight is 423 g/mol. The number of aromatic nitrogens is 1. The van der Waals surface area contributed by atoms with Gasteiger partial charge >= 0.3 is 0 Å². The van der Waals surface area contributed by atoms with E-state index in [1.165, 1.54) is 5.56 Å². The number of ether oxygens (including phenoxy) is 1. The van der Waals surface area contributed by atoms with Crippen LogP contribution in [0.25, 0.3) is 0 Å². The van der Waals surface area contributed by atoms with Gasteiger partial charge in [0.2, 0.25) is 0 Å². The van der Waals surface area contributed by atoms with Crippen molar-refractivity contribution in [2.24, 2.45) is 5.41 Å². The zero-order chi connectivity index (χ0) is 22.3. The first-order valence-corrected chi connectivity index (χ1v) is 11.7. The standard InChI is InChI=1S/C27H38N2O2/c1-5-31-21-27(15-9-12-25(30)18-23-10-7-6-8-11-23)16-17-29(20-27)26(3,4)24-14-13-22(2)28-19-24/h6-8,10-11,13-14,19H,5,9,12,15-18,20-21H2,1-4H3/t27-/m1/s1. The van der Waals surface area contributed by atoms with Crippen molar-refractivity contribution in [1.29, 1.82) is 0 Å². The first kappa shape index (κ1) is 23.6. The zero-order valence-corrected chi connectivity index (χ0v) is 19.7. The lowest BCUT2D eigenvalue weighted by molar-refractivity contribution is -0.118. The summed E-state index contributed by atoms with van der Waals surface area (Å²) >= 11 is 0. The molecule has 1 aliphatic heterocycles. The minimum atomic E-state index is -0.0716. The Labute approximate surface area is 188 Å². The van der Waals surface area contributed by atoms with Crippen molar-refractivity contribution in [2.75, 3.05) is 26.3 Å². The smallest absolute Gasteiger partial charge is 0.137 e. The molecule has 1 aromatic heterocycles. The molecule has 1 fully saturated rings. The normalized spacial score (nSPS) is 19.6. The van der Waals surface area contributed by atoms with Crippen LogP contribution in [0.2, 0.25) is 0 Å². The zero-order valence-electron chi connectivity index (χ0n) is 19.7. The molecule has 3 rings (SSSR count). The summed E-state index contributed by atoms with van der Waals surface area (Å²) in [6.07, 6.45) is 6.28. The van der Waals surface area contributed by atoms with Crippen LogP contribution in [0.4, 0.5) is 0 Å². The van der Waals surface area contributed by atoms with Gasteiger partial charge in [0.05, 0.1) is 6.61 Å². The Balaban J connectivity index is 1.60. The highest BCUT2D eigenvalue weighted by Crippen LogP contribution is 2.42. The molecule has 2 heterocycles. The SMILES string of the molecule is CCOC[C@]1(CCCC(=O)Cc2ccccc2)CCN(C(C)(C)c2ccc(C)nc2)C1. The number of nitrogens with zero attached hydrogens (tertiary/aromatic N) is 2. The third-order valence-electron chi connectivity index (χ3n) is 6.87. The van der Waals surface area contributed by atoms with E-state index in [1.807, 2.05) is 43.5 Å². The number of aryl methyl sites for hydroxylation is 1. The number of rotatable bonds is 11. The molecule has 0 spiro atoms. The monoisotopic (exact) mass is 422 g/mol. The maximum Gasteiger partial charge on any atom is 0.137 e. The second-order valence-electron chi connectivity index (χ2n) is 9.61. The molecule has 0 bridgehead atoms. The Bertz CT molecular complexity index is 832. The van der Waals surface area contributed by atoms with E-state index in [1.54, 1.807) is 0 Å². The summed E-state index contributed by atoms with van der Waals surface area (Å²) in [6.45, 7) is 12.2. The fourth-order valence-electron chi connectivity index (χ4n) is 4.71. The van der Waals surface area contributed by atoms with Crippen LogP contribution in [0.15, 0.2) is 48.7 Å². The van der Waals surface area contributed by atoms with Gasteiger partial charge < -0.3 is 4.74 Å². The van der Waals surface area contributed by atoms with E-state index in [-0.39, 0.29) is 11.0 Å². The van der Waals surface area contributed by atoms with Gasteiger partial charge in [-0.25, -0.2) is 0 Å². The number of pyridine rings is 1. The first-order valence-electron chi connectivity index (χ1n) is 11.7. The minimum Gasteiger partial charge on any atom is -0.381 e. The Morgan fingerprint density at radius 1 is 1.19 bits per heavy atom. The van der Waals surface area contributed by atoms with E-state index in [9.17, 15) is 4.79 Å². The molecule has 0 unspecified atom stereocenters. The number of Topliss-reactive ketones (excluding diaryl/α,β-unsaturated/α-hetero) is 1. The minimum absolute atomic E-state index is 0.0716. The molecule has 0 radical (unpaired) electrons. The predicted octanol–water partition coefficient (Wildman–Crippen LogP) is 5.34. The van der Waals surface area contributed by atoms with Crippen LogP contribution in [0.3, 0.4) is 0 Å². The van der Waals surface area contributed by atoms with Crippen molar-refractivity contribution in [3.8, 4) is 0 Å². The molecule has 0 N–H and O–H groups in total. The van der Waals surface area contributed by atoms with Gasteiger partial charge in [0, 0.05) is 48.8 Å². The van der Waals surface area contributed by atoms with Gasteiger partial charge in [-0.3, -0.25) is 14.7 Å². The number of likely N-dealkylation sites (tertiary alicyclic amines) is 1. The summed E-state index contributed by atoms with van der Waals surface area (Å²) in [5.74, 6) is 0.332. The van der Waals surface area contributed by atoms with E-state index in [2.05, 4.69) is 42.8 Å². The number of carbonyl (C=O) groups is 1. The summed E-state index contributed by atoms with van der Waals surface area (Å²) in [5, 5.41) is 0. The summed E-state index contributed by atoms with van der Waals surface area (Å²) in [7, 11) is 0. The van der Waals surface area contributed by atoms with Crippen LogP contribution in [0, 0.1) is 12.3 Å². The highest BCUT2D eigenvalue weighted by molar-refractivity contribution is 5.80. The molecule has 4 nitrogen and oxygen atoms in total. The maximum atomic E-state index is 12.5. The summed E-state index contributed by atoms with van der Waals surface area (Å²) in [6, 6.07) is 14.4. The van der Waals surface area contributed by atoms with Crippen molar-refractivity contribution in [3.63, 3.8) is 0 Å². The summed E-state index contributed by atoms with van der Waals surface area (Å²) in [4.78, 5) is 19.6. The van der Waals surface area contributed by atoms with Gasteiger partial charge in [-0.2, -0.15) is 0 Å². The lowest BCUT2D eigenvalue weighted by Crippen LogP contribution is -2.42. The van der Waals surface area contributed by atoms with E-state index >= 15 is 0 Å². The van der Waals surface area contributed by atoms with Gasteiger partial charge in [-0.1, -0.05) is 36.4 Å². The molecule has 0 amide bonds. The second-order valence-corrected chi connectivity index (χ2v) is 9.61. The number of hydrogen-bond acceptors (Lipinski definition) is 4. The average Bonchev–Trinajstić information content (AvgIpc) is 3.19. The van der Waals surface area contributed by atoms with Crippen molar-refractivity contribution in [2.45, 2.75) is 65.3 Å². The van der Waals surface area contributed by atoms with Gasteiger partial charge in [0.25, 0.3) is 0 Å².